The quantitative estimate of drug-likeness (QED) is 0.160. The number of halogens is 3. The number of carboxylic acid groups (broad SMARTS) is 2. The summed E-state index contributed by atoms with van der Waals surface area (Å²) in [7, 11) is 0. The highest BCUT2D eigenvalue weighted by atomic mass is 19.4. The number of nitrogens with zero attached hydrogens (tertiary/aromatic N) is 4. The van der Waals surface area contributed by atoms with Crippen LogP contribution in [0.4, 0.5) is 18.9 Å². The first-order valence-corrected chi connectivity index (χ1v) is 16.9. The Morgan fingerprint density at radius 3 is 2.28 bits per heavy atom. The van der Waals surface area contributed by atoms with Crippen LogP contribution < -0.4 is 15.0 Å². The molecule has 282 valence electrons. The van der Waals surface area contributed by atoms with Crippen LogP contribution in [0.2, 0.25) is 0 Å². The lowest BCUT2D eigenvalue weighted by Gasteiger charge is -2.42. The molecule has 0 spiro atoms. The second-order valence-corrected chi connectivity index (χ2v) is 12.5. The Labute approximate surface area is 308 Å². The van der Waals surface area contributed by atoms with Gasteiger partial charge < -0.3 is 30.1 Å². The molecule has 2 heterocycles. The number of carbonyl (C=O) groups excluding carboxylic acids is 2. The molecule has 2 amide bonds. The van der Waals surface area contributed by atoms with Gasteiger partial charge in [0, 0.05) is 56.6 Å². The van der Waals surface area contributed by atoms with E-state index < -0.39 is 24.2 Å². The molecule has 1 aliphatic heterocycles. The molecular weight excluding hydrogens is 707 g/mol. The van der Waals surface area contributed by atoms with Gasteiger partial charge in [0.25, 0.3) is 5.91 Å². The largest absolute Gasteiger partial charge is 0.494 e. The van der Waals surface area contributed by atoms with Crippen molar-refractivity contribution in [3.8, 4) is 22.8 Å². The normalized spacial score (nSPS) is 14.2. The highest BCUT2D eigenvalue weighted by molar-refractivity contribution is 6.05. The summed E-state index contributed by atoms with van der Waals surface area (Å²) in [5.41, 5.74) is 4.04. The Bertz CT molecular complexity index is 2170. The number of rotatable bonds is 9. The number of carboxylic acids is 2. The minimum absolute atomic E-state index is 0.200. The Morgan fingerprint density at radius 1 is 0.926 bits per heavy atom. The third-order valence-corrected chi connectivity index (χ3v) is 8.66. The van der Waals surface area contributed by atoms with Gasteiger partial charge in [0.2, 0.25) is 5.91 Å². The van der Waals surface area contributed by atoms with Crippen molar-refractivity contribution in [1.82, 2.24) is 19.8 Å². The van der Waals surface area contributed by atoms with E-state index in [0.717, 1.165) is 27.9 Å². The summed E-state index contributed by atoms with van der Waals surface area (Å²) in [6.07, 6.45) is -3.33. The van der Waals surface area contributed by atoms with E-state index in [4.69, 9.17) is 19.6 Å². The Hall–Kier alpha value is -6.38. The number of alkyl halides is 3. The summed E-state index contributed by atoms with van der Waals surface area (Å²) in [5.74, 6) is -2.87. The van der Waals surface area contributed by atoms with Crippen molar-refractivity contribution >= 4 is 40.2 Å². The molecule has 1 atom stereocenters. The van der Waals surface area contributed by atoms with Crippen molar-refractivity contribution in [2.24, 2.45) is 0 Å². The Kier molecular flexibility index (Phi) is 11.9. The van der Waals surface area contributed by atoms with Crippen LogP contribution in [0.25, 0.3) is 27.8 Å². The molecule has 12 nitrogen and oxygen atoms in total. The molecule has 4 aromatic carbocycles. The summed E-state index contributed by atoms with van der Waals surface area (Å²) < 4.78 is 39.4. The summed E-state index contributed by atoms with van der Waals surface area (Å²) >= 11 is 0. The summed E-state index contributed by atoms with van der Waals surface area (Å²) in [6.45, 7) is 7.38. The molecule has 1 fully saturated rings. The molecule has 6 rings (SSSR count). The molecule has 1 aromatic heterocycles. The molecule has 15 heteroatoms. The molecule has 0 aliphatic carbocycles. The van der Waals surface area contributed by atoms with E-state index in [-0.39, 0.29) is 29.6 Å². The molecule has 5 aromatic rings. The number of carbonyl (C=O) groups is 4. The predicted octanol–water partition coefficient (Wildman–Crippen LogP) is 6.20. The van der Waals surface area contributed by atoms with Crippen molar-refractivity contribution in [1.29, 1.82) is 0 Å². The molecule has 3 N–H and O–H groups in total. The average molecular weight is 746 g/mol. The third kappa shape index (κ3) is 9.15. The highest BCUT2D eigenvalue weighted by Gasteiger charge is 2.38. The SMILES string of the molecule is CCOc1cccc(-n2cc(C(=O)N3CCN(c4cc(C(=O)O)c5ccccc5c4)C[C@H]3CNC(C)=O)nc2-c2ccc(C)cc2)c1.O=C(O)C(F)(F)F. The maximum atomic E-state index is 14.3. The topological polar surface area (TPSA) is 154 Å². The van der Waals surface area contributed by atoms with Crippen LogP contribution >= 0.6 is 0 Å². The molecule has 54 heavy (non-hydrogen) atoms. The molecule has 1 aliphatic rings. The monoisotopic (exact) mass is 745 g/mol. The lowest BCUT2D eigenvalue weighted by molar-refractivity contribution is -0.192. The van der Waals surface area contributed by atoms with E-state index in [1.54, 1.807) is 23.2 Å². The zero-order chi connectivity index (χ0) is 39.2. The summed E-state index contributed by atoms with van der Waals surface area (Å²) in [6, 6.07) is 26.3. The van der Waals surface area contributed by atoms with Gasteiger partial charge in [-0.3, -0.25) is 14.2 Å². The van der Waals surface area contributed by atoms with Crippen molar-refractivity contribution in [3.63, 3.8) is 0 Å². The standard InChI is InChI=1S/C37H37N5O5.C2HF3O2/c1-4-47-31-10-7-9-28(19-31)42-23-34(39-35(42)26-14-12-24(2)13-15-26)36(44)41-17-16-40(22-30(41)21-38-25(3)43)29-18-27-8-5-6-11-32(27)33(20-29)37(45)46;3-2(4,5)1(6)7/h5-15,18-20,23,30H,4,16-17,21-22H2,1-3H3,(H,38,43)(H,45,46);(H,6,7)/t30-;/m1./s1. The number of fused-ring (bicyclic) bond motifs is 1. The van der Waals surface area contributed by atoms with Crippen LogP contribution in [0.1, 0.15) is 40.3 Å². The number of aryl methyl sites for hydroxylation is 1. The number of aliphatic carboxylic acids is 1. The van der Waals surface area contributed by atoms with Crippen LogP contribution in [0, 0.1) is 6.92 Å². The molecule has 0 unspecified atom stereocenters. The predicted molar refractivity (Wildman–Crippen MR) is 195 cm³/mol. The molecular formula is C39H38F3N5O7. The van der Waals surface area contributed by atoms with Crippen molar-refractivity contribution in [3.05, 3.63) is 108 Å². The van der Waals surface area contributed by atoms with Crippen LogP contribution in [0.15, 0.2) is 91.1 Å². The number of ether oxygens (including phenoxy) is 1. The number of benzene rings is 4. The maximum absolute atomic E-state index is 14.3. The van der Waals surface area contributed by atoms with E-state index in [2.05, 4.69) is 10.2 Å². The Balaban J connectivity index is 0.000000730. The average Bonchev–Trinajstić information content (AvgIpc) is 3.59. The molecule has 0 radical (unpaired) electrons. The van der Waals surface area contributed by atoms with Crippen LogP contribution in [0.3, 0.4) is 0 Å². The van der Waals surface area contributed by atoms with Gasteiger partial charge in [-0.05, 0) is 48.9 Å². The van der Waals surface area contributed by atoms with E-state index in [9.17, 15) is 32.7 Å². The smallest absolute Gasteiger partial charge is 0.490 e. The van der Waals surface area contributed by atoms with Gasteiger partial charge in [-0.25, -0.2) is 14.6 Å². The summed E-state index contributed by atoms with van der Waals surface area (Å²) in [4.78, 5) is 56.0. The van der Waals surface area contributed by atoms with Gasteiger partial charge in [-0.2, -0.15) is 13.2 Å². The van der Waals surface area contributed by atoms with Crippen molar-refractivity contribution in [2.75, 3.05) is 37.7 Å². The second kappa shape index (κ2) is 16.5. The fourth-order valence-electron chi connectivity index (χ4n) is 6.07. The van der Waals surface area contributed by atoms with Gasteiger partial charge in [0.15, 0.2) is 0 Å². The number of amides is 2. The first-order valence-electron chi connectivity index (χ1n) is 16.9. The number of aromatic carboxylic acids is 1. The maximum Gasteiger partial charge on any atom is 0.490 e. The third-order valence-electron chi connectivity index (χ3n) is 8.66. The van der Waals surface area contributed by atoms with E-state index in [0.29, 0.717) is 43.2 Å². The van der Waals surface area contributed by atoms with Crippen LogP contribution in [-0.4, -0.2) is 93.4 Å². The minimum Gasteiger partial charge on any atom is -0.494 e. The van der Waals surface area contributed by atoms with Crippen LogP contribution in [0.5, 0.6) is 5.75 Å². The van der Waals surface area contributed by atoms with Crippen molar-refractivity contribution < 1.29 is 47.3 Å². The zero-order valence-corrected chi connectivity index (χ0v) is 29.6. The lowest BCUT2D eigenvalue weighted by Crippen LogP contribution is -2.59. The lowest BCUT2D eigenvalue weighted by atomic mass is 10.0. The van der Waals surface area contributed by atoms with Gasteiger partial charge in [-0.1, -0.05) is 60.2 Å². The number of hydrogen-bond acceptors (Lipinski definition) is 7. The highest BCUT2D eigenvalue weighted by Crippen LogP contribution is 2.30. The van der Waals surface area contributed by atoms with E-state index in [1.807, 2.05) is 91.2 Å². The van der Waals surface area contributed by atoms with Crippen LogP contribution in [-0.2, 0) is 9.59 Å². The Morgan fingerprint density at radius 2 is 1.63 bits per heavy atom. The van der Waals surface area contributed by atoms with Gasteiger partial charge in [-0.15, -0.1) is 0 Å². The van der Waals surface area contributed by atoms with Gasteiger partial charge >= 0.3 is 18.1 Å². The molecule has 0 bridgehead atoms. The van der Waals surface area contributed by atoms with E-state index >= 15 is 0 Å². The second-order valence-electron chi connectivity index (χ2n) is 12.5. The number of aromatic nitrogens is 2. The molecule has 1 saturated heterocycles. The van der Waals surface area contributed by atoms with E-state index in [1.165, 1.54) is 6.92 Å². The minimum atomic E-state index is -5.08. The fraction of sp³-hybridized carbons (Fsp3) is 0.256. The fourth-order valence-corrected chi connectivity index (χ4v) is 6.07. The summed E-state index contributed by atoms with van der Waals surface area (Å²) in [5, 5.41) is 21.4. The molecule has 0 saturated carbocycles. The van der Waals surface area contributed by atoms with Gasteiger partial charge in [0.1, 0.15) is 17.3 Å². The van der Waals surface area contributed by atoms with Gasteiger partial charge in [0.05, 0.1) is 23.9 Å². The first-order chi connectivity index (χ1) is 25.7. The first kappa shape index (κ1) is 38.8. The number of hydrogen-bond donors (Lipinski definition) is 3. The number of nitrogens with one attached hydrogen (secondary N) is 1. The van der Waals surface area contributed by atoms with Crippen molar-refractivity contribution in [2.45, 2.75) is 33.0 Å². The zero-order valence-electron chi connectivity index (χ0n) is 29.6. The number of imidazole rings is 1. The number of anilines is 1. The number of piperazine rings is 1.